The topological polar surface area (TPSA) is 92.9 Å². The summed E-state index contributed by atoms with van der Waals surface area (Å²) >= 11 is 6.19. The summed E-state index contributed by atoms with van der Waals surface area (Å²) in [6, 6.07) is 10.2. The SMILES string of the molecule is CCOc1c(Cl)cc(C(=O)OCc2nc(-c3cccc(OC)c3)no2)cc1OC. The van der Waals surface area contributed by atoms with Crippen molar-refractivity contribution in [2.75, 3.05) is 20.8 Å². The number of halogens is 1. The fourth-order valence-corrected chi connectivity index (χ4v) is 2.79. The molecule has 0 bridgehead atoms. The van der Waals surface area contributed by atoms with Gasteiger partial charge < -0.3 is 23.5 Å². The molecule has 3 rings (SSSR count). The number of methoxy groups -OCH3 is 2. The highest BCUT2D eigenvalue weighted by Crippen LogP contribution is 2.36. The molecule has 1 heterocycles. The average Bonchev–Trinajstić information content (AvgIpc) is 3.22. The quantitative estimate of drug-likeness (QED) is 0.503. The van der Waals surface area contributed by atoms with Crippen LogP contribution < -0.4 is 14.2 Å². The van der Waals surface area contributed by atoms with Crippen LogP contribution in [0.15, 0.2) is 40.9 Å². The zero-order valence-corrected chi connectivity index (χ0v) is 16.9. The van der Waals surface area contributed by atoms with Gasteiger partial charge in [-0.3, -0.25) is 0 Å². The van der Waals surface area contributed by atoms with Gasteiger partial charge in [-0.1, -0.05) is 28.9 Å². The standard InChI is InChI=1S/C20H19ClN2O6/c1-4-27-18-15(21)9-13(10-16(18)26-3)20(24)28-11-17-22-19(23-29-17)12-6-5-7-14(8-12)25-2/h5-10H,4,11H2,1-3H3. The summed E-state index contributed by atoms with van der Waals surface area (Å²) in [5.74, 6) is 1.27. The second-order valence-electron chi connectivity index (χ2n) is 5.74. The summed E-state index contributed by atoms with van der Waals surface area (Å²) in [5, 5.41) is 4.14. The van der Waals surface area contributed by atoms with Gasteiger partial charge in [0, 0.05) is 5.56 Å². The Balaban J connectivity index is 1.70. The van der Waals surface area contributed by atoms with Crippen molar-refractivity contribution < 1.29 is 28.3 Å². The maximum Gasteiger partial charge on any atom is 0.338 e. The fraction of sp³-hybridized carbons (Fsp3) is 0.250. The highest BCUT2D eigenvalue weighted by molar-refractivity contribution is 6.32. The van der Waals surface area contributed by atoms with E-state index in [9.17, 15) is 4.79 Å². The number of benzene rings is 2. The molecule has 0 aliphatic carbocycles. The minimum atomic E-state index is -0.616. The molecular weight excluding hydrogens is 400 g/mol. The molecule has 0 amide bonds. The first-order valence-corrected chi connectivity index (χ1v) is 9.08. The lowest BCUT2D eigenvalue weighted by Crippen LogP contribution is -2.07. The zero-order chi connectivity index (χ0) is 20.8. The third kappa shape index (κ3) is 4.78. The Labute approximate surface area is 172 Å². The van der Waals surface area contributed by atoms with Crippen molar-refractivity contribution >= 4 is 17.6 Å². The maximum absolute atomic E-state index is 12.4. The third-order valence-electron chi connectivity index (χ3n) is 3.88. The molecule has 29 heavy (non-hydrogen) atoms. The number of carbonyl (C=O) groups is 1. The normalized spacial score (nSPS) is 10.5. The van der Waals surface area contributed by atoms with Crippen LogP contribution in [0, 0.1) is 0 Å². The molecule has 1 aromatic heterocycles. The van der Waals surface area contributed by atoms with Gasteiger partial charge in [0.05, 0.1) is 31.4 Å². The molecule has 0 aliphatic heterocycles. The van der Waals surface area contributed by atoms with E-state index in [-0.39, 0.29) is 23.1 Å². The van der Waals surface area contributed by atoms with Gasteiger partial charge in [-0.25, -0.2) is 4.79 Å². The van der Waals surface area contributed by atoms with Crippen molar-refractivity contribution in [2.24, 2.45) is 0 Å². The predicted molar refractivity (Wildman–Crippen MR) is 105 cm³/mol. The second-order valence-corrected chi connectivity index (χ2v) is 6.15. The van der Waals surface area contributed by atoms with E-state index >= 15 is 0 Å². The van der Waals surface area contributed by atoms with Crippen molar-refractivity contribution in [3.05, 3.63) is 52.9 Å². The Morgan fingerprint density at radius 3 is 2.72 bits per heavy atom. The number of rotatable bonds is 8. The van der Waals surface area contributed by atoms with Crippen LogP contribution in [0.25, 0.3) is 11.4 Å². The Hall–Kier alpha value is -3.26. The Morgan fingerprint density at radius 1 is 1.17 bits per heavy atom. The number of hydrogen-bond acceptors (Lipinski definition) is 8. The molecule has 0 saturated carbocycles. The van der Waals surface area contributed by atoms with Crippen molar-refractivity contribution in [3.8, 4) is 28.6 Å². The first-order valence-electron chi connectivity index (χ1n) is 8.70. The predicted octanol–water partition coefficient (Wildman–Crippen LogP) is 4.16. The Morgan fingerprint density at radius 2 is 2.00 bits per heavy atom. The van der Waals surface area contributed by atoms with E-state index in [1.165, 1.54) is 19.2 Å². The Kier molecular flexibility index (Phi) is 6.56. The van der Waals surface area contributed by atoms with Crippen molar-refractivity contribution in [1.82, 2.24) is 10.1 Å². The number of carbonyl (C=O) groups excluding carboxylic acids is 1. The molecule has 0 spiro atoms. The number of ether oxygens (including phenoxy) is 4. The Bertz CT molecular complexity index is 1000. The summed E-state index contributed by atoms with van der Waals surface area (Å²) in [4.78, 5) is 16.6. The number of esters is 1. The third-order valence-corrected chi connectivity index (χ3v) is 4.16. The van der Waals surface area contributed by atoms with E-state index in [1.807, 2.05) is 25.1 Å². The number of aromatic nitrogens is 2. The van der Waals surface area contributed by atoms with Gasteiger partial charge in [0.25, 0.3) is 5.89 Å². The molecule has 3 aromatic rings. The second kappa shape index (κ2) is 9.29. The summed E-state index contributed by atoms with van der Waals surface area (Å²) in [5.41, 5.74) is 0.927. The molecule has 2 aromatic carbocycles. The van der Waals surface area contributed by atoms with Gasteiger partial charge in [0.15, 0.2) is 18.1 Å². The molecule has 0 saturated heterocycles. The molecule has 0 radical (unpaired) electrons. The van der Waals surface area contributed by atoms with Crippen molar-refractivity contribution in [2.45, 2.75) is 13.5 Å². The summed E-state index contributed by atoms with van der Waals surface area (Å²) < 4.78 is 26.2. The van der Waals surface area contributed by atoms with Crippen LogP contribution in [0.3, 0.4) is 0 Å². The van der Waals surface area contributed by atoms with E-state index in [4.69, 9.17) is 35.1 Å². The molecule has 152 valence electrons. The van der Waals surface area contributed by atoms with Crippen LogP contribution in [-0.4, -0.2) is 36.9 Å². The zero-order valence-electron chi connectivity index (χ0n) is 16.1. The monoisotopic (exact) mass is 418 g/mol. The summed E-state index contributed by atoms with van der Waals surface area (Å²) in [6.07, 6.45) is 0. The number of hydrogen-bond donors (Lipinski definition) is 0. The maximum atomic E-state index is 12.4. The first kappa shape index (κ1) is 20.5. The molecule has 0 fully saturated rings. The minimum Gasteiger partial charge on any atom is -0.497 e. The smallest absolute Gasteiger partial charge is 0.338 e. The van der Waals surface area contributed by atoms with E-state index in [1.54, 1.807) is 13.2 Å². The minimum absolute atomic E-state index is 0.153. The molecule has 0 N–H and O–H groups in total. The van der Waals surface area contributed by atoms with Gasteiger partial charge in [-0.2, -0.15) is 4.98 Å². The highest BCUT2D eigenvalue weighted by atomic mass is 35.5. The van der Waals surface area contributed by atoms with Crippen LogP contribution >= 0.6 is 11.6 Å². The molecule has 0 aliphatic rings. The lowest BCUT2D eigenvalue weighted by atomic mass is 10.2. The molecule has 0 atom stereocenters. The number of nitrogens with zero attached hydrogens (tertiary/aromatic N) is 2. The summed E-state index contributed by atoms with van der Waals surface area (Å²) in [6.45, 7) is 2.04. The van der Waals surface area contributed by atoms with Crippen LogP contribution in [0.1, 0.15) is 23.2 Å². The highest BCUT2D eigenvalue weighted by Gasteiger charge is 2.18. The van der Waals surface area contributed by atoms with Gasteiger partial charge in [0.2, 0.25) is 5.82 Å². The largest absolute Gasteiger partial charge is 0.497 e. The van der Waals surface area contributed by atoms with Crippen molar-refractivity contribution in [3.63, 3.8) is 0 Å². The van der Waals surface area contributed by atoms with Crippen LogP contribution in [0.4, 0.5) is 0 Å². The lowest BCUT2D eigenvalue weighted by Gasteiger charge is -2.12. The molecule has 0 unspecified atom stereocenters. The van der Waals surface area contributed by atoms with Gasteiger partial charge in [0.1, 0.15) is 5.75 Å². The van der Waals surface area contributed by atoms with Crippen LogP contribution in [0.5, 0.6) is 17.2 Å². The molecular formula is C20H19ClN2O6. The van der Waals surface area contributed by atoms with E-state index in [0.29, 0.717) is 35.2 Å². The van der Waals surface area contributed by atoms with Gasteiger partial charge >= 0.3 is 5.97 Å². The van der Waals surface area contributed by atoms with Gasteiger partial charge in [-0.05, 0) is 31.2 Å². The van der Waals surface area contributed by atoms with Crippen LogP contribution in [0.2, 0.25) is 5.02 Å². The van der Waals surface area contributed by atoms with Gasteiger partial charge in [-0.15, -0.1) is 0 Å². The summed E-state index contributed by atoms with van der Waals surface area (Å²) in [7, 11) is 3.03. The average molecular weight is 419 g/mol. The fourth-order valence-electron chi connectivity index (χ4n) is 2.53. The van der Waals surface area contributed by atoms with E-state index in [0.717, 1.165) is 0 Å². The van der Waals surface area contributed by atoms with E-state index < -0.39 is 5.97 Å². The molecule has 8 nitrogen and oxygen atoms in total. The van der Waals surface area contributed by atoms with E-state index in [2.05, 4.69) is 10.1 Å². The molecule has 9 heteroatoms. The van der Waals surface area contributed by atoms with Crippen molar-refractivity contribution in [1.29, 1.82) is 0 Å². The first-order chi connectivity index (χ1) is 14.0. The van der Waals surface area contributed by atoms with Crippen LogP contribution in [-0.2, 0) is 11.3 Å². The lowest BCUT2D eigenvalue weighted by molar-refractivity contribution is 0.0429.